The fourth-order valence-electron chi connectivity index (χ4n) is 3.04. The van der Waals surface area contributed by atoms with Crippen LogP contribution in [0.2, 0.25) is 0 Å². The maximum Gasteiger partial charge on any atom is 0.274 e. The number of rotatable bonds is 6. The molecule has 2 heterocycles. The number of hydrogen-bond donors (Lipinski definition) is 1. The predicted octanol–water partition coefficient (Wildman–Crippen LogP) is 4.26. The molecular formula is C23H20N4O2. The Morgan fingerprint density at radius 2 is 1.83 bits per heavy atom. The Hall–Kier alpha value is -3.93. The lowest BCUT2D eigenvalue weighted by atomic mass is 10.1. The van der Waals surface area contributed by atoms with Crippen LogP contribution in [0.5, 0.6) is 0 Å². The van der Waals surface area contributed by atoms with Crippen LogP contribution in [0.3, 0.4) is 0 Å². The second-order valence-corrected chi connectivity index (χ2v) is 6.57. The molecule has 0 spiro atoms. The van der Waals surface area contributed by atoms with Crippen molar-refractivity contribution in [2.24, 2.45) is 5.10 Å². The summed E-state index contributed by atoms with van der Waals surface area (Å²) in [7, 11) is 0. The lowest BCUT2D eigenvalue weighted by Crippen LogP contribution is -2.17. The fraction of sp³-hybridized carbons (Fsp3) is 0.0870. The first-order valence-electron chi connectivity index (χ1n) is 9.25. The van der Waals surface area contributed by atoms with Gasteiger partial charge in [0.25, 0.3) is 5.91 Å². The second-order valence-electron chi connectivity index (χ2n) is 6.57. The highest BCUT2D eigenvalue weighted by atomic mass is 16.3. The summed E-state index contributed by atoms with van der Waals surface area (Å²) in [5.74, 6) is 0.240. The van der Waals surface area contributed by atoms with Gasteiger partial charge in [-0.25, -0.2) is 5.43 Å². The Morgan fingerprint density at radius 3 is 2.52 bits per heavy atom. The number of aromatic nitrogens is 2. The zero-order chi connectivity index (χ0) is 20.1. The van der Waals surface area contributed by atoms with Crippen LogP contribution in [-0.4, -0.2) is 21.9 Å². The van der Waals surface area contributed by atoms with Gasteiger partial charge in [0, 0.05) is 17.3 Å². The van der Waals surface area contributed by atoms with Gasteiger partial charge in [-0.05, 0) is 18.6 Å². The number of hydrogen-bond acceptors (Lipinski definition) is 4. The molecule has 0 aliphatic carbocycles. The third-order valence-electron chi connectivity index (χ3n) is 4.50. The van der Waals surface area contributed by atoms with E-state index in [1.807, 2.05) is 59.4 Å². The highest BCUT2D eigenvalue weighted by Gasteiger charge is 2.12. The molecule has 4 aromatic rings. The number of aryl methyl sites for hydroxylation is 1. The fourth-order valence-corrected chi connectivity index (χ4v) is 3.04. The Balaban J connectivity index is 1.59. The van der Waals surface area contributed by atoms with E-state index in [0.29, 0.717) is 17.9 Å². The van der Waals surface area contributed by atoms with Crippen molar-refractivity contribution in [1.82, 2.24) is 15.2 Å². The summed E-state index contributed by atoms with van der Waals surface area (Å²) in [6.45, 7) is 2.38. The normalized spacial score (nSPS) is 11.1. The van der Waals surface area contributed by atoms with Gasteiger partial charge < -0.3 is 4.42 Å². The molecular weight excluding hydrogens is 364 g/mol. The van der Waals surface area contributed by atoms with Crippen molar-refractivity contribution >= 4 is 12.1 Å². The van der Waals surface area contributed by atoms with Crippen LogP contribution in [0.15, 0.2) is 88.7 Å². The number of benzene rings is 2. The maximum atomic E-state index is 12.2. The summed E-state index contributed by atoms with van der Waals surface area (Å²) >= 11 is 0. The van der Waals surface area contributed by atoms with Gasteiger partial charge >= 0.3 is 0 Å². The molecule has 0 aliphatic rings. The quantitative estimate of drug-likeness (QED) is 0.399. The number of furan rings is 1. The topological polar surface area (TPSA) is 72.4 Å². The smallest absolute Gasteiger partial charge is 0.274 e. The Bertz CT molecular complexity index is 1130. The Morgan fingerprint density at radius 1 is 1.10 bits per heavy atom. The first-order chi connectivity index (χ1) is 14.2. The minimum Gasteiger partial charge on any atom is -0.469 e. The standard InChI is InChI=1S/C23H20N4O2/c1-17-21(12-13-29-17)23(28)25-24-14-20-16-27(15-18-8-4-2-5-9-18)26-22(20)19-10-6-3-7-11-19/h2-14,16H,15H2,1H3,(H,25,28)/b24-14+. The molecule has 1 amide bonds. The zero-order valence-corrected chi connectivity index (χ0v) is 15.9. The molecule has 2 aromatic carbocycles. The zero-order valence-electron chi connectivity index (χ0n) is 15.9. The average Bonchev–Trinajstić information content (AvgIpc) is 3.35. The van der Waals surface area contributed by atoms with E-state index in [4.69, 9.17) is 9.52 Å². The van der Waals surface area contributed by atoms with Crippen molar-refractivity contribution in [2.75, 3.05) is 0 Å². The van der Waals surface area contributed by atoms with Crippen LogP contribution >= 0.6 is 0 Å². The van der Waals surface area contributed by atoms with E-state index in [2.05, 4.69) is 22.7 Å². The van der Waals surface area contributed by atoms with Gasteiger partial charge in [-0.1, -0.05) is 60.7 Å². The lowest BCUT2D eigenvalue weighted by Gasteiger charge is -2.01. The van der Waals surface area contributed by atoms with E-state index < -0.39 is 0 Å². The molecule has 6 nitrogen and oxygen atoms in total. The van der Waals surface area contributed by atoms with Crippen molar-refractivity contribution < 1.29 is 9.21 Å². The third-order valence-corrected chi connectivity index (χ3v) is 4.50. The predicted molar refractivity (Wildman–Crippen MR) is 112 cm³/mol. The molecule has 0 saturated heterocycles. The van der Waals surface area contributed by atoms with E-state index in [-0.39, 0.29) is 5.91 Å². The summed E-state index contributed by atoms with van der Waals surface area (Å²) in [4.78, 5) is 12.2. The van der Waals surface area contributed by atoms with Crippen molar-refractivity contribution in [3.8, 4) is 11.3 Å². The number of carbonyl (C=O) groups is 1. The molecule has 0 radical (unpaired) electrons. The largest absolute Gasteiger partial charge is 0.469 e. The van der Waals surface area contributed by atoms with Crippen molar-refractivity contribution in [1.29, 1.82) is 0 Å². The van der Waals surface area contributed by atoms with E-state index in [9.17, 15) is 4.79 Å². The molecule has 144 valence electrons. The average molecular weight is 384 g/mol. The molecule has 4 rings (SSSR count). The number of nitrogens with zero attached hydrogens (tertiary/aromatic N) is 3. The minimum absolute atomic E-state index is 0.314. The molecule has 0 atom stereocenters. The van der Waals surface area contributed by atoms with Gasteiger partial charge in [-0.3, -0.25) is 9.48 Å². The van der Waals surface area contributed by atoms with Crippen LogP contribution in [0.4, 0.5) is 0 Å². The van der Waals surface area contributed by atoms with Crippen molar-refractivity contribution in [3.05, 3.63) is 102 Å². The van der Waals surface area contributed by atoms with Gasteiger partial charge in [-0.15, -0.1) is 0 Å². The van der Waals surface area contributed by atoms with E-state index >= 15 is 0 Å². The van der Waals surface area contributed by atoms with E-state index in [1.165, 1.54) is 6.26 Å². The SMILES string of the molecule is Cc1occc1C(=O)N/N=C/c1cn(Cc2ccccc2)nc1-c1ccccc1. The molecule has 0 fully saturated rings. The first kappa shape index (κ1) is 18.4. The molecule has 0 aliphatic heterocycles. The molecule has 29 heavy (non-hydrogen) atoms. The van der Waals surface area contributed by atoms with Crippen LogP contribution in [0.1, 0.15) is 27.2 Å². The molecule has 0 unspecified atom stereocenters. The first-order valence-corrected chi connectivity index (χ1v) is 9.25. The highest BCUT2D eigenvalue weighted by Crippen LogP contribution is 2.21. The number of hydrazone groups is 1. The van der Waals surface area contributed by atoms with Crippen LogP contribution in [0.25, 0.3) is 11.3 Å². The van der Waals surface area contributed by atoms with Crippen LogP contribution in [-0.2, 0) is 6.54 Å². The molecule has 1 N–H and O–H groups in total. The minimum atomic E-state index is -0.314. The Kier molecular flexibility index (Phi) is 5.33. The summed E-state index contributed by atoms with van der Waals surface area (Å²) in [6.07, 6.45) is 5.02. The third kappa shape index (κ3) is 4.32. The van der Waals surface area contributed by atoms with Gasteiger partial charge in [0.05, 0.1) is 24.6 Å². The highest BCUT2D eigenvalue weighted by molar-refractivity contribution is 5.96. The summed E-state index contributed by atoms with van der Waals surface area (Å²) in [5, 5.41) is 8.86. The number of amides is 1. The second kappa shape index (κ2) is 8.39. The Labute approximate surface area is 168 Å². The monoisotopic (exact) mass is 384 g/mol. The van der Waals surface area contributed by atoms with E-state index in [1.54, 1.807) is 19.2 Å². The van der Waals surface area contributed by atoms with Gasteiger partial charge in [-0.2, -0.15) is 10.2 Å². The van der Waals surface area contributed by atoms with Gasteiger partial charge in [0.1, 0.15) is 11.5 Å². The molecule has 0 saturated carbocycles. The lowest BCUT2D eigenvalue weighted by molar-refractivity contribution is 0.0953. The molecule has 6 heteroatoms. The van der Waals surface area contributed by atoms with Crippen molar-refractivity contribution in [3.63, 3.8) is 0 Å². The van der Waals surface area contributed by atoms with Crippen molar-refractivity contribution in [2.45, 2.75) is 13.5 Å². The summed E-state index contributed by atoms with van der Waals surface area (Å²) < 4.78 is 7.04. The molecule has 2 aromatic heterocycles. The van der Waals surface area contributed by atoms with Gasteiger partial charge in [0.2, 0.25) is 0 Å². The van der Waals surface area contributed by atoms with Crippen LogP contribution in [0, 0.1) is 6.92 Å². The van der Waals surface area contributed by atoms with Crippen LogP contribution < -0.4 is 5.43 Å². The van der Waals surface area contributed by atoms with E-state index in [0.717, 1.165) is 22.4 Å². The maximum absolute atomic E-state index is 12.2. The summed E-state index contributed by atoms with van der Waals surface area (Å²) in [5.41, 5.74) is 6.77. The van der Waals surface area contributed by atoms with Gasteiger partial charge in [0.15, 0.2) is 0 Å². The number of carbonyl (C=O) groups excluding carboxylic acids is 1. The summed E-state index contributed by atoms with van der Waals surface area (Å²) in [6, 6.07) is 21.6. The molecule has 0 bridgehead atoms. The number of nitrogens with one attached hydrogen (secondary N) is 1.